The summed E-state index contributed by atoms with van der Waals surface area (Å²) in [4.78, 5) is 31.3. The fourth-order valence-electron chi connectivity index (χ4n) is 5.20. The van der Waals surface area contributed by atoms with E-state index in [0.29, 0.717) is 58.8 Å². The van der Waals surface area contributed by atoms with Gasteiger partial charge in [-0.25, -0.2) is 9.48 Å². The van der Waals surface area contributed by atoms with Crippen LogP contribution in [0.15, 0.2) is 77.6 Å². The van der Waals surface area contributed by atoms with E-state index in [4.69, 9.17) is 33.0 Å². The molecule has 8 nitrogen and oxygen atoms in total. The predicted octanol–water partition coefficient (Wildman–Crippen LogP) is 5.98. The number of piperidine rings is 1. The van der Waals surface area contributed by atoms with Crippen LogP contribution in [0.4, 0.5) is 0 Å². The van der Waals surface area contributed by atoms with Crippen LogP contribution in [0.3, 0.4) is 0 Å². The van der Waals surface area contributed by atoms with Crippen molar-refractivity contribution in [3.8, 4) is 22.7 Å². The standard InChI is InChI=1S/C29H25Cl2N5O3/c1-39-21-6-4-5-18(15-21)25-17-27(36(33-25)20-9-10-22(30)23(31)16-20)28(37)34-13-11-19(12-14-34)35-26-8-3-2-7-24(26)32-29(35)38/h2-10,15-17,19H,11-14H2,1H3,(H,32,38). The fraction of sp³-hybridized carbons (Fsp3) is 0.207. The molecule has 0 atom stereocenters. The van der Waals surface area contributed by atoms with Crippen LogP contribution in [0.25, 0.3) is 28.0 Å². The molecular weight excluding hydrogens is 537 g/mol. The first-order chi connectivity index (χ1) is 18.9. The number of aromatic nitrogens is 4. The Morgan fingerprint density at radius 1 is 0.974 bits per heavy atom. The average molecular weight is 562 g/mol. The highest BCUT2D eigenvalue weighted by Gasteiger charge is 2.29. The molecule has 0 radical (unpaired) electrons. The first-order valence-corrected chi connectivity index (χ1v) is 13.4. The van der Waals surface area contributed by atoms with Gasteiger partial charge in [-0.1, -0.05) is 47.5 Å². The number of hydrogen-bond donors (Lipinski definition) is 1. The quantitative estimate of drug-likeness (QED) is 0.286. The van der Waals surface area contributed by atoms with Crippen molar-refractivity contribution in [2.45, 2.75) is 18.9 Å². The number of H-pyrrole nitrogens is 1. The third-order valence-electron chi connectivity index (χ3n) is 7.18. The molecular formula is C29H25Cl2N5O3. The van der Waals surface area contributed by atoms with Crippen molar-refractivity contribution in [1.29, 1.82) is 0 Å². The number of nitrogens with one attached hydrogen (secondary N) is 1. The van der Waals surface area contributed by atoms with Crippen molar-refractivity contribution in [2.24, 2.45) is 0 Å². The zero-order chi connectivity index (χ0) is 27.1. The van der Waals surface area contributed by atoms with E-state index in [-0.39, 0.29) is 17.6 Å². The predicted molar refractivity (Wildman–Crippen MR) is 152 cm³/mol. The Balaban J connectivity index is 1.32. The molecule has 2 aromatic heterocycles. The van der Waals surface area contributed by atoms with Gasteiger partial charge in [0.15, 0.2) is 0 Å². The molecule has 39 heavy (non-hydrogen) atoms. The van der Waals surface area contributed by atoms with Crippen LogP contribution in [-0.2, 0) is 0 Å². The Bertz CT molecular complexity index is 1750. The van der Waals surface area contributed by atoms with E-state index in [1.54, 1.807) is 36.1 Å². The Hall–Kier alpha value is -4.01. The zero-order valence-corrected chi connectivity index (χ0v) is 22.6. The second-order valence-electron chi connectivity index (χ2n) is 9.50. The lowest BCUT2D eigenvalue weighted by atomic mass is 10.0. The molecule has 1 aliphatic heterocycles. The third-order valence-corrected chi connectivity index (χ3v) is 7.92. The monoisotopic (exact) mass is 561 g/mol. The minimum absolute atomic E-state index is 0.00465. The highest BCUT2D eigenvalue weighted by atomic mass is 35.5. The number of hydrogen-bond acceptors (Lipinski definition) is 4. The molecule has 3 aromatic carbocycles. The minimum Gasteiger partial charge on any atom is -0.497 e. The van der Waals surface area contributed by atoms with Crippen molar-refractivity contribution in [3.05, 3.63) is 99.0 Å². The number of aromatic amines is 1. The molecule has 0 spiro atoms. The second kappa shape index (κ2) is 10.3. The smallest absolute Gasteiger partial charge is 0.326 e. The van der Waals surface area contributed by atoms with Gasteiger partial charge in [-0.15, -0.1) is 0 Å². The molecule has 1 aliphatic rings. The van der Waals surface area contributed by atoms with Crippen LogP contribution in [-0.4, -0.2) is 50.3 Å². The minimum atomic E-state index is -0.146. The largest absolute Gasteiger partial charge is 0.497 e. The van der Waals surface area contributed by atoms with E-state index in [1.807, 2.05) is 58.0 Å². The molecule has 1 saturated heterocycles. The van der Waals surface area contributed by atoms with Crippen LogP contribution in [0, 0.1) is 0 Å². The molecule has 0 saturated carbocycles. The van der Waals surface area contributed by atoms with E-state index in [1.165, 1.54) is 0 Å². The van der Waals surface area contributed by atoms with Gasteiger partial charge in [-0.3, -0.25) is 9.36 Å². The molecule has 1 N–H and O–H groups in total. The Morgan fingerprint density at radius 3 is 2.54 bits per heavy atom. The molecule has 198 valence electrons. The van der Waals surface area contributed by atoms with Crippen molar-refractivity contribution >= 4 is 40.1 Å². The Labute approximate surface area is 234 Å². The van der Waals surface area contributed by atoms with E-state index >= 15 is 0 Å². The summed E-state index contributed by atoms with van der Waals surface area (Å²) in [5.74, 6) is 0.548. The third kappa shape index (κ3) is 4.70. The number of rotatable bonds is 5. The van der Waals surface area contributed by atoms with E-state index < -0.39 is 0 Å². The summed E-state index contributed by atoms with van der Waals surface area (Å²) >= 11 is 12.5. The maximum atomic E-state index is 13.9. The number of benzene rings is 3. The van der Waals surface area contributed by atoms with Crippen molar-refractivity contribution in [3.63, 3.8) is 0 Å². The maximum Gasteiger partial charge on any atom is 0.326 e. The summed E-state index contributed by atoms with van der Waals surface area (Å²) in [6.07, 6.45) is 1.33. The summed E-state index contributed by atoms with van der Waals surface area (Å²) in [5.41, 5.74) is 4.06. The molecule has 1 amide bonds. The van der Waals surface area contributed by atoms with E-state index in [2.05, 4.69) is 4.98 Å². The summed E-state index contributed by atoms with van der Waals surface area (Å²) in [5, 5.41) is 5.57. The van der Waals surface area contributed by atoms with Gasteiger partial charge in [0.25, 0.3) is 5.91 Å². The number of halogens is 2. The molecule has 3 heterocycles. The number of fused-ring (bicyclic) bond motifs is 1. The molecule has 0 aliphatic carbocycles. The number of methoxy groups -OCH3 is 1. The highest BCUT2D eigenvalue weighted by Crippen LogP contribution is 2.30. The Morgan fingerprint density at radius 2 is 1.77 bits per heavy atom. The lowest BCUT2D eigenvalue weighted by molar-refractivity contribution is 0.0685. The number of carbonyl (C=O) groups is 1. The van der Waals surface area contributed by atoms with Gasteiger partial charge in [0, 0.05) is 24.7 Å². The Kier molecular flexibility index (Phi) is 6.66. The number of ether oxygens (including phenoxy) is 1. The topological polar surface area (TPSA) is 85.1 Å². The van der Waals surface area contributed by atoms with Crippen LogP contribution in [0.2, 0.25) is 10.0 Å². The number of likely N-dealkylation sites (tertiary alicyclic amines) is 1. The zero-order valence-electron chi connectivity index (χ0n) is 21.1. The molecule has 6 rings (SSSR count). The number of para-hydroxylation sites is 2. The van der Waals surface area contributed by atoms with Gasteiger partial charge >= 0.3 is 5.69 Å². The molecule has 0 bridgehead atoms. The van der Waals surface area contributed by atoms with E-state index in [0.717, 1.165) is 16.6 Å². The molecule has 5 aromatic rings. The number of amides is 1. The average Bonchev–Trinajstić information content (AvgIpc) is 3.55. The van der Waals surface area contributed by atoms with Crippen molar-refractivity contribution in [2.75, 3.05) is 20.2 Å². The molecule has 0 unspecified atom stereocenters. The molecule has 10 heteroatoms. The number of imidazole rings is 1. The SMILES string of the molecule is COc1cccc(-c2cc(C(=O)N3CCC(n4c(=O)[nH]c5ccccc54)CC3)n(-c3ccc(Cl)c(Cl)c3)n2)c1. The maximum absolute atomic E-state index is 13.9. The van der Waals surface area contributed by atoms with Crippen LogP contribution in [0.1, 0.15) is 29.4 Å². The van der Waals surface area contributed by atoms with Crippen molar-refractivity contribution in [1.82, 2.24) is 24.2 Å². The van der Waals surface area contributed by atoms with Gasteiger partial charge in [0.1, 0.15) is 11.4 Å². The lowest BCUT2D eigenvalue weighted by Gasteiger charge is -2.32. The highest BCUT2D eigenvalue weighted by molar-refractivity contribution is 6.42. The normalized spacial score (nSPS) is 14.2. The number of nitrogens with zero attached hydrogens (tertiary/aromatic N) is 4. The summed E-state index contributed by atoms with van der Waals surface area (Å²) < 4.78 is 8.80. The molecule has 1 fully saturated rings. The van der Waals surface area contributed by atoms with Gasteiger partial charge < -0.3 is 14.6 Å². The van der Waals surface area contributed by atoms with Gasteiger partial charge in [0.2, 0.25) is 0 Å². The van der Waals surface area contributed by atoms with Crippen molar-refractivity contribution < 1.29 is 9.53 Å². The van der Waals surface area contributed by atoms with Gasteiger partial charge in [0.05, 0.1) is 39.6 Å². The van der Waals surface area contributed by atoms with Crippen LogP contribution >= 0.6 is 23.2 Å². The van der Waals surface area contributed by atoms with Crippen LogP contribution < -0.4 is 10.4 Å². The number of carbonyl (C=O) groups excluding carboxylic acids is 1. The first kappa shape index (κ1) is 25.3. The van der Waals surface area contributed by atoms with Crippen LogP contribution in [0.5, 0.6) is 5.75 Å². The van der Waals surface area contributed by atoms with E-state index in [9.17, 15) is 9.59 Å². The van der Waals surface area contributed by atoms with Gasteiger partial charge in [-0.2, -0.15) is 5.10 Å². The first-order valence-electron chi connectivity index (χ1n) is 12.6. The lowest BCUT2D eigenvalue weighted by Crippen LogP contribution is -2.41. The second-order valence-corrected chi connectivity index (χ2v) is 10.3. The van der Waals surface area contributed by atoms with Gasteiger partial charge in [-0.05, 0) is 61.4 Å². The fourth-order valence-corrected chi connectivity index (χ4v) is 5.49. The summed E-state index contributed by atoms with van der Waals surface area (Å²) in [6, 6.07) is 22.2. The summed E-state index contributed by atoms with van der Waals surface area (Å²) in [6.45, 7) is 1.02. The summed E-state index contributed by atoms with van der Waals surface area (Å²) in [7, 11) is 1.61.